The van der Waals surface area contributed by atoms with E-state index in [2.05, 4.69) is 10.6 Å². The number of thiocarbonyl (C=S) groups is 1. The summed E-state index contributed by atoms with van der Waals surface area (Å²) in [7, 11) is 1.60. The largest absolute Gasteiger partial charge is 0.497 e. The fraction of sp³-hybridized carbons (Fsp3) is 0.0909. The highest BCUT2D eigenvalue weighted by molar-refractivity contribution is 7.80. The van der Waals surface area contributed by atoms with Crippen molar-refractivity contribution in [3.8, 4) is 11.5 Å². The van der Waals surface area contributed by atoms with Crippen molar-refractivity contribution in [2.75, 3.05) is 12.4 Å². The Morgan fingerprint density at radius 2 is 1.68 bits per heavy atom. The van der Waals surface area contributed by atoms with Gasteiger partial charge < -0.3 is 20.1 Å². The Kier molecular flexibility index (Phi) is 6.59. The van der Waals surface area contributed by atoms with Crippen molar-refractivity contribution in [3.05, 3.63) is 90.0 Å². The third kappa shape index (κ3) is 5.56. The van der Waals surface area contributed by atoms with E-state index in [4.69, 9.17) is 21.7 Å². The minimum Gasteiger partial charge on any atom is -0.497 e. The molecule has 3 aromatic carbocycles. The van der Waals surface area contributed by atoms with Crippen LogP contribution in [0.2, 0.25) is 0 Å². The van der Waals surface area contributed by atoms with E-state index in [9.17, 15) is 4.79 Å². The van der Waals surface area contributed by atoms with Crippen LogP contribution in [0.3, 0.4) is 0 Å². The number of hydrogen-bond donors (Lipinski definition) is 2. The summed E-state index contributed by atoms with van der Waals surface area (Å²) in [5.41, 5.74) is 2.25. The molecule has 1 amide bonds. The maximum atomic E-state index is 12.5. The van der Waals surface area contributed by atoms with Crippen LogP contribution in [0.4, 0.5) is 5.69 Å². The van der Waals surface area contributed by atoms with E-state index in [0.717, 1.165) is 11.3 Å². The summed E-state index contributed by atoms with van der Waals surface area (Å²) in [5, 5.41) is 6.13. The summed E-state index contributed by atoms with van der Waals surface area (Å²) in [6, 6.07) is 23.9. The number of carbonyl (C=O) groups is 1. The summed E-state index contributed by atoms with van der Waals surface area (Å²) >= 11 is 5.23. The predicted molar refractivity (Wildman–Crippen MR) is 114 cm³/mol. The minimum absolute atomic E-state index is 0.237. The number of anilines is 1. The van der Waals surface area contributed by atoms with E-state index in [0.29, 0.717) is 23.5 Å². The van der Waals surface area contributed by atoms with Crippen LogP contribution >= 0.6 is 12.2 Å². The Labute approximate surface area is 169 Å². The van der Waals surface area contributed by atoms with Crippen LogP contribution in [-0.2, 0) is 6.54 Å². The molecule has 0 unspecified atom stereocenters. The number of benzene rings is 3. The Morgan fingerprint density at radius 1 is 0.929 bits per heavy atom. The third-order valence-electron chi connectivity index (χ3n) is 3.93. The van der Waals surface area contributed by atoms with Gasteiger partial charge in [0.1, 0.15) is 11.5 Å². The molecule has 0 aliphatic carbocycles. The molecule has 0 aromatic heterocycles. The third-order valence-corrected chi connectivity index (χ3v) is 4.16. The first-order valence-corrected chi connectivity index (χ1v) is 9.10. The highest BCUT2D eigenvalue weighted by Crippen LogP contribution is 2.18. The number of ether oxygens (including phenoxy) is 2. The summed E-state index contributed by atoms with van der Waals surface area (Å²) < 4.78 is 10.7. The molecular formula is C22H20N2O3S. The zero-order valence-electron chi connectivity index (χ0n) is 15.3. The number of rotatable bonds is 6. The van der Waals surface area contributed by atoms with Crippen LogP contribution in [0.25, 0.3) is 0 Å². The van der Waals surface area contributed by atoms with Crippen molar-refractivity contribution in [1.29, 1.82) is 0 Å². The fourth-order valence-electron chi connectivity index (χ4n) is 2.49. The molecule has 28 heavy (non-hydrogen) atoms. The molecule has 0 aliphatic rings. The number of carbonyl (C=O) groups excluding carboxylic acids is 1. The molecule has 5 nitrogen and oxygen atoms in total. The lowest BCUT2D eigenvalue weighted by atomic mass is 10.2. The SMILES string of the molecule is COc1ccc(NC(=O)c2cccc(OC(=S)NCc3ccccc3)c2)cc1. The smallest absolute Gasteiger partial charge is 0.262 e. The normalized spacial score (nSPS) is 10.0. The van der Waals surface area contributed by atoms with Gasteiger partial charge >= 0.3 is 0 Å². The first-order valence-electron chi connectivity index (χ1n) is 8.69. The molecule has 0 saturated carbocycles. The van der Waals surface area contributed by atoms with Crippen molar-refractivity contribution >= 4 is 29.0 Å². The second kappa shape index (κ2) is 9.53. The monoisotopic (exact) mass is 392 g/mol. The van der Waals surface area contributed by atoms with Gasteiger partial charge in [-0.25, -0.2) is 0 Å². The van der Waals surface area contributed by atoms with E-state index >= 15 is 0 Å². The summed E-state index contributed by atoms with van der Waals surface area (Å²) in [6.07, 6.45) is 0. The van der Waals surface area contributed by atoms with Crippen LogP contribution in [0.5, 0.6) is 11.5 Å². The van der Waals surface area contributed by atoms with Gasteiger partial charge in [-0.2, -0.15) is 0 Å². The Bertz CT molecular complexity index is 944. The number of hydrogen-bond acceptors (Lipinski definition) is 4. The molecule has 0 saturated heterocycles. The van der Waals surface area contributed by atoms with Crippen molar-refractivity contribution in [2.24, 2.45) is 0 Å². The molecule has 3 aromatic rings. The van der Waals surface area contributed by atoms with E-state index in [1.807, 2.05) is 30.3 Å². The average Bonchev–Trinajstić information content (AvgIpc) is 2.74. The molecule has 0 fully saturated rings. The van der Waals surface area contributed by atoms with Crippen LogP contribution in [0.15, 0.2) is 78.9 Å². The predicted octanol–water partition coefficient (Wildman–Crippen LogP) is 4.40. The van der Waals surface area contributed by atoms with Gasteiger partial charge in [0, 0.05) is 17.8 Å². The number of amides is 1. The van der Waals surface area contributed by atoms with Gasteiger partial charge in [-0.15, -0.1) is 0 Å². The maximum absolute atomic E-state index is 12.5. The molecule has 0 atom stereocenters. The minimum atomic E-state index is -0.237. The zero-order valence-corrected chi connectivity index (χ0v) is 16.2. The molecule has 6 heteroatoms. The Balaban J connectivity index is 1.57. The van der Waals surface area contributed by atoms with Gasteiger partial charge in [0.2, 0.25) is 0 Å². The molecule has 0 heterocycles. The molecule has 0 spiro atoms. The van der Waals surface area contributed by atoms with Crippen molar-refractivity contribution in [1.82, 2.24) is 5.32 Å². The first-order chi connectivity index (χ1) is 13.6. The zero-order chi connectivity index (χ0) is 19.8. The number of nitrogens with one attached hydrogen (secondary N) is 2. The number of methoxy groups -OCH3 is 1. The van der Waals surface area contributed by atoms with Crippen molar-refractivity contribution in [2.45, 2.75) is 6.54 Å². The second-order valence-electron chi connectivity index (χ2n) is 5.94. The van der Waals surface area contributed by atoms with E-state index in [1.165, 1.54) is 0 Å². The molecule has 3 rings (SSSR count). The summed E-state index contributed by atoms with van der Waals surface area (Å²) in [6.45, 7) is 0.567. The summed E-state index contributed by atoms with van der Waals surface area (Å²) in [5.74, 6) is 0.983. The first kappa shape index (κ1) is 19.4. The van der Waals surface area contributed by atoms with Crippen LogP contribution in [0, 0.1) is 0 Å². The fourth-order valence-corrected chi connectivity index (χ4v) is 2.66. The van der Waals surface area contributed by atoms with E-state index in [1.54, 1.807) is 55.6 Å². The highest BCUT2D eigenvalue weighted by atomic mass is 32.1. The van der Waals surface area contributed by atoms with Gasteiger partial charge in [0.25, 0.3) is 11.1 Å². The van der Waals surface area contributed by atoms with E-state index in [-0.39, 0.29) is 11.1 Å². The lowest BCUT2D eigenvalue weighted by molar-refractivity contribution is 0.102. The van der Waals surface area contributed by atoms with Gasteiger partial charge in [-0.1, -0.05) is 36.4 Å². The standard InChI is InChI=1S/C22H20N2O3S/c1-26-19-12-10-18(11-13-19)24-21(25)17-8-5-9-20(14-17)27-22(28)23-15-16-6-3-2-4-7-16/h2-14H,15H2,1H3,(H,23,28)(H,24,25). The Morgan fingerprint density at radius 3 is 2.39 bits per heavy atom. The van der Waals surface area contributed by atoms with Crippen LogP contribution in [-0.4, -0.2) is 18.2 Å². The highest BCUT2D eigenvalue weighted by Gasteiger charge is 2.09. The van der Waals surface area contributed by atoms with Crippen molar-refractivity contribution < 1.29 is 14.3 Å². The Hall–Kier alpha value is -3.38. The van der Waals surface area contributed by atoms with Gasteiger partial charge in [0.05, 0.1) is 7.11 Å². The quantitative estimate of drug-likeness (QED) is 0.609. The molecule has 0 bridgehead atoms. The lowest BCUT2D eigenvalue weighted by Gasteiger charge is -2.11. The lowest BCUT2D eigenvalue weighted by Crippen LogP contribution is -2.26. The molecule has 0 aliphatic heterocycles. The van der Waals surface area contributed by atoms with Gasteiger partial charge in [-0.05, 0) is 60.2 Å². The van der Waals surface area contributed by atoms with Crippen LogP contribution in [0.1, 0.15) is 15.9 Å². The summed E-state index contributed by atoms with van der Waals surface area (Å²) in [4.78, 5) is 12.5. The average molecular weight is 392 g/mol. The molecule has 0 radical (unpaired) electrons. The topological polar surface area (TPSA) is 59.6 Å². The van der Waals surface area contributed by atoms with Gasteiger partial charge in [0.15, 0.2) is 0 Å². The van der Waals surface area contributed by atoms with Crippen LogP contribution < -0.4 is 20.1 Å². The second-order valence-corrected chi connectivity index (χ2v) is 6.31. The van der Waals surface area contributed by atoms with E-state index < -0.39 is 0 Å². The molecule has 142 valence electrons. The van der Waals surface area contributed by atoms with Gasteiger partial charge in [-0.3, -0.25) is 4.79 Å². The maximum Gasteiger partial charge on any atom is 0.262 e. The molecule has 2 N–H and O–H groups in total. The van der Waals surface area contributed by atoms with Crippen molar-refractivity contribution in [3.63, 3.8) is 0 Å². The molecular weight excluding hydrogens is 372 g/mol.